The van der Waals surface area contributed by atoms with Gasteiger partial charge in [0.15, 0.2) is 0 Å². The summed E-state index contributed by atoms with van der Waals surface area (Å²) in [5.74, 6) is 1.31. The van der Waals surface area contributed by atoms with Crippen molar-refractivity contribution >= 4 is 17.5 Å². The maximum atomic E-state index is 11.8. The van der Waals surface area contributed by atoms with Crippen LogP contribution in [-0.4, -0.2) is 49.8 Å². The Morgan fingerprint density at radius 2 is 2.07 bits per heavy atom. The summed E-state index contributed by atoms with van der Waals surface area (Å²) >= 11 is 6.59. The number of rotatable bonds is 9. The third kappa shape index (κ3) is 5.84. The molecule has 6 heteroatoms. The second kappa shape index (κ2) is 9.76. The normalized spacial score (nSPS) is 23.7. The van der Waals surface area contributed by atoms with Crippen molar-refractivity contribution in [3.63, 3.8) is 0 Å². The van der Waals surface area contributed by atoms with Crippen molar-refractivity contribution < 1.29 is 14.3 Å². The number of amides is 1. The molecule has 1 unspecified atom stereocenters. The van der Waals surface area contributed by atoms with Gasteiger partial charge in [-0.05, 0) is 63.2 Å². The monoisotopic (exact) mass is 394 g/mol. The SMILES string of the molecule is COC(C)CC(=O)NCC1CC(Oc2cccc(CN3CCCC3)c2Cl)C1. The second-order valence-electron chi connectivity index (χ2n) is 7.84. The zero-order chi connectivity index (χ0) is 19.2. The van der Waals surface area contributed by atoms with E-state index in [1.54, 1.807) is 7.11 Å². The molecule has 2 fully saturated rings. The number of nitrogens with one attached hydrogen (secondary N) is 1. The van der Waals surface area contributed by atoms with E-state index >= 15 is 0 Å². The smallest absolute Gasteiger partial charge is 0.222 e. The third-order valence-electron chi connectivity index (χ3n) is 5.59. The van der Waals surface area contributed by atoms with E-state index in [2.05, 4.69) is 16.3 Å². The van der Waals surface area contributed by atoms with E-state index in [4.69, 9.17) is 21.1 Å². The van der Waals surface area contributed by atoms with E-state index < -0.39 is 0 Å². The van der Waals surface area contributed by atoms with Gasteiger partial charge in [0.2, 0.25) is 5.91 Å². The van der Waals surface area contributed by atoms with Crippen LogP contribution in [0.1, 0.15) is 44.6 Å². The van der Waals surface area contributed by atoms with Gasteiger partial charge in [0.1, 0.15) is 5.75 Å². The molecule has 27 heavy (non-hydrogen) atoms. The maximum absolute atomic E-state index is 11.8. The van der Waals surface area contributed by atoms with Crippen LogP contribution < -0.4 is 10.1 Å². The zero-order valence-corrected chi connectivity index (χ0v) is 17.1. The molecule has 0 radical (unpaired) electrons. The number of halogens is 1. The highest BCUT2D eigenvalue weighted by molar-refractivity contribution is 6.32. The molecule has 1 aliphatic carbocycles. The van der Waals surface area contributed by atoms with Crippen LogP contribution in [0.15, 0.2) is 18.2 Å². The first kappa shape index (κ1) is 20.4. The van der Waals surface area contributed by atoms with Crippen molar-refractivity contribution in [2.45, 2.75) is 57.8 Å². The van der Waals surface area contributed by atoms with Gasteiger partial charge in [-0.2, -0.15) is 0 Å². The van der Waals surface area contributed by atoms with E-state index in [1.807, 2.05) is 19.1 Å². The molecular formula is C21H31ClN2O3. The first-order valence-corrected chi connectivity index (χ1v) is 10.4. The Morgan fingerprint density at radius 1 is 1.33 bits per heavy atom. The van der Waals surface area contributed by atoms with Gasteiger partial charge >= 0.3 is 0 Å². The molecule has 1 heterocycles. The molecule has 1 aromatic rings. The summed E-state index contributed by atoms with van der Waals surface area (Å²) in [6.07, 6.45) is 5.00. The van der Waals surface area contributed by atoms with Crippen molar-refractivity contribution in [1.29, 1.82) is 0 Å². The van der Waals surface area contributed by atoms with E-state index in [1.165, 1.54) is 12.8 Å². The summed E-state index contributed by atoms with van der Waals surface area (Å²) in [7, 11) is 1.62. The second-order valence-corrected chi connectivity index (χ2v) is 8.22. The molecule has 3 rings (SSSR count). The number of ether oxygens (including phenoxy) is 2. The van der Waals surface area contributed by atoms with Crippen molar-refractivity contribution in [1.82, 2.24) is 10.2 Å². The minimum atomic E-state index is -0.0440. The minimum absolute atomic E-state index is 0.0440. The lowest BCUT2D eigenvalue weighted by Crippen LogP contribution is -2.41. The fourth-order valence-electron chi connectivity index (χ4n) is 3.74. The number of benzene rings is 1. The summed E-state index contributed by atoms with van der Waals surface area (Å²) in [5.41, 5.74) is 1.14. The van der Waals surface area contributed by atoms with Gasteiger partial charge < -0.3 is 14.8 Å². The summed E-state index contributed by atoms with van der Waals surface area (Å²) < 4.78 is 11.2. The molecule has 0 spiro atoms. The lowest BCUT2D eigenvalue weighted by atomic mass is 9.82. The predicted octanol–water partition coefficient (Wildman–Crippen LogP) is 3.63. The molecule has 1 aliphatic heterocycles. The van der Waals surface area contributed by atoms with Crippen molar-refractivity contribution in [2.24, 2.45) is 5.92 Å². The Morgan fingerprint density at radius 3 is 2.78 bits per heavy atom. The number of carbonyl (C=O) groups is 1. The highest BCUT2D eigenvalue weighted by Crippen LogP contribution is 2.36. The van der Waals surface area contributed by atoms with Crippen LogP contribution in [0.3, 0.4) is 0 Å². The molecule has 1 saturated carbocycles. The topological polar surface area (TPSA) is 50.8 Å². The fourth-order valence-corrected chi connectivity index (χ4v) is 3.97. The van der Waals surface area contributed by atoms with E-state index in [0.717, 1.165) is 48.8 Å². The van der Waals surface area contributed by atoms with Gasteiger partial charge in [0, 0.05) is 20.2 Å². The van der Waals surface area contributed by atoms with Crippen LogP contribution >= 0.6 is 11.6 Å². The fraction of sp³-hybridized carbons (Fsp3) is 0.667. The van der Waals surface area contributed by atoms with Gasteiger partial charge in [0.25, 0.3) is 0 Å². The van der Waals surface area contributed by atoms with Crippen molar-refractivity contribution in [3.8, 4) is 5.75 Å². The van der Waals surface area contributed by atoms with Gasteiger partial charge in [-0.3, -0.25) is 9.69 Å². The van der Waals surface area contributed by atoms with E-state index in [9.17, 15) is 4.79 Å². The van der Waals surface area contributed by atoms with Crippen LogP contribution in [0, 0.1) is 5.92 Å². The quantitative estimate of drug-likeness (QED) is 0.694. The van der Waals surface area contributed by atoms with Crippen LogP contribution in [0.5, 0.6) is 5.75 Å². The zero-order valence-electron chi connectivity index (χ0n) is 16.4. The van der Waals surface area contributed by atoms with Crippen molar-refractivity contribution in [3.05, 3.63) is 28.8 Å². The Balaban J connectivity index is 1.41. The molecule has 1 atom stereocenters. The Labute approximate surface area is 167 Å². The maximum Gasteiger partial charge on any atom is 0.222 e. The number of nitrogens with zero attached hydrogens (tertiary/aromatic N) is 1. The molecular weight excluding hydrogens is 364 g/mol. The first-order valence-electron chi connectivity index (χ1n) is 10.0. The van der Waals surface area contributed by atoms with Crippen LogP contribution in [-0.2, 0) is 16.1 Å². The summed E-state index contributed by atoms with van der Waals surface area (Å²) in [5, 5.41) is 3.73. The Bertz CT molecular complexity index is 628. The van der Waals surface area contributed by atoms with Crippen molar-refractivity contribution in [2.75, 3.05) is 26.7 Å². The van der Waals surface area contributed by atoms with Gasteiger partial charge in [-0.25, -0.2) is 0 Å². The number of likely N-dealkylation sites (tertiary alicyclic amines) is 1. The highest BCUT2D eigenvalue weighted by Gasteiger charge is 2.31. The standard InChI is InChI=1S/C21H31ClN2O3/c1-15(26-2)10-20(25)23-13-16-11-18(12-16)27-19-7-5-6-17(21(19)22)14-24-8-3-4-9-24/h5-7,15-16,18H,3-4,8-14H2,1-2H3,(H,23,25). The molecule has 0 aromatic heterocycles. The molecule has 0 bridgehead atoms. The average molecular weight is 395 g/mol. The largest absolute Gasteiger partial charge is 0.489 e. The van der Waals surface area contributed by atoms with Crippen LogP contribution in [0.4, 0.5) is 0 Å². The molecule has 1 aromatic carbocycles. The molecule has 150 valence electrons. The molecule has 1 N–H and O–H groups in total. The highest BCUT2D eigenvalue weighted by atomic mass is 35.5. The lowest BCUT2D eigenvalue weighted by Gasteiger charge is -2.35. The molecule has 2 aliphatic rings. The van der Waals surface area contributed by atoms with E-state index in [0.29, 0.717) is 18.9 Å². The lowest BCUT2D eigenvalue weighted by molar-refractivity contribution is -0.123. The number of methoxy groups -OCH3 is 1. The summed E-state index contributed by atoms with van der Waals surface area (Å²) in [6.45, 7) is 5.81. The van der Waals surface area contributed by atoms with Gasteiger partial charge in [-0.15, -0.1) is 0 Å². The van der Waals surface area contributed by atoms with Gasteiger partial charge in [-0.1, -0.05) is 23.7 Å². The molecule has 1 amide bonds. The number of carbonyl (C=O) groups excluding carboxylic acids is 1. The predicted molar refractivity (Wildman–Crippen MR) is 107 cm³/mol. The Kier molecular flexibility index (Phi) is 7.39. The molecule has 5 nitrogen and oxygen atoms in total. The third-order valence-corrected chi connectivity index (χ3v) is 6.01. The molecule has 1 saturated heterocycles. The van der Waals surface area contributed by atoms with Crippen LogP contribution in [0.25, 0.3) is 0 Å². The average Bonchev–Trinajstić information content (AvgIpc) is 3.12. The number of hydrogen-bond donors (Lipinski definition) is 1. The Hall–Kier alpha value is -1.30. The summed E-state index contributed by atoms with van der Waals surface area (Å²) in [4.78, 5) is 14.3. The number of hydrogen-bond acceptors (Lipinski definition) is 4. The first-order chi connectivity index (χ1) is 13.0. The van der Waals surface area contributed by atoms with E-state index in [-0.39, 0.29) is 18.1 Å². The summed E-state index contributed by atoms with van der Waals surface area (Å²) in [6, 6.07) is 6.07. The van der Waals surface area contributed by atoms with Crippen LogP contribution in [0.2, 0.25) is 5.02 Å². The van der Waals surface area contributed by atoms with Gasteiger partial charge in [0.05, 0.1) is 23.7 Å². The minimum Gasteiger partial charge on any atom is -0.489 e.